The van der Waals surface area contributed by atoms with E-state index in [9.17, 15) is 18.3 Å². The zero-order valence-electron chi connectivity index (χ0n) is 21.7. The smallest absolute Gasteiger partial charge is 0.407 e. The third-order valence-corrected chi connectivity index (χ3v) is 8.44. The Hall–Kier alpha value is -2.91. The molecule has 0 saturated carbocycles. The molecule has 0 heterocycles. The van der Waals surface area contributed by atoms with Gasteiger partial charge in [-0.2, -0.15) is 4.31 Å². The predicted octanol–water partition coefficient (Wildman–Crippen LogP) is 5.28. The molecule has 0 unspecified atom stereocenters. The highest BCUT2D eigenvalue weighted by Crippen LogP contribution is 2.25. The summed E-state index contributed by atoms with van der Waals surface area (Å²) in [6.07, 6.45) is -1.04. The highest BCUT2D eigenvalue weighted by Gasteiger charge is 2.32. The number of nitrogens with one attached hydrogen (secondary N) is 1. The van der Waals surface area contributed by atoms with Crippen molar-refractivity contribution >= 4 is 27.7 Å². The Morgan fingerprint density at radius 3 is 2.13 bits per heavy atom. The topological polar surface area (TPSA) is 95.9 Å². The molecule has 0 radical (unpaired) electrons. The summed E-state index contributed by atoms with van der Waals surface area (Å²) in [5.41, 5.74) is 1.70. The lowest BCUT2D eigenvalue weighted by atomic mass is 10.0. The molecule has 3 aromatic carbocycles. The van der Waals surface area contributed by atoms with Gasteiger partial charge in [-0.25, -0.2) is 13.2 Å². The lowest BCUT2D eigenvalue weighted by molar-refractivity contribution is 0.0883. The number of aliphatic hydroxyl groups is 1. The molecule has 2 N–H and O–H groups in total. The molecule has 3 aromatic rings. The Balaban J connectivity index is 1.81. The van der Waals surface area contributed by atoms with Crippen molar-refractivity contribution in [2.75, 3.05) is 13.1 Å². The molecule has 0 spiro atoms. The van der Waals surface area contributed by atoms with Gasteiger partial charge in [0.1, 0.15) is 11.5 Å². The van der Waals surface area contributed by atoms with Crippen molar-refractivity contribution in [3.05, 3.63) is 101 Å². The number of alkyl carbamates (subject to hydrolysis) is 1. The van der Waals surface area contributed by atoms with Crippen LogP contribution in [-0.2, 0) is 27.8 Å². The minimum atomic E-state index is -4.01. The number of carbonyl (C=O) groups excluding carboxylic acids is 1. The van der Waals surface area contributed by atoms with Crippen molar-refractivity contribution < 1.29 is 23.1 Å². The molecule has 0 aliphatic heterocycles. The Kier molecular flexibility index (Phi) is 11.2. The van der Waals surface area contributed by atoms with Gasteiger partial charge in [0.2, 0.25) is 10.0 Å². The van der Waals surface area contributed by atoms with Crippen molar-refractivity contribution in [2.45, 2.75) is 50.3 Å². The van der Waals surface area contributed by atoms with Gasteiger partial charge in [0.15, 0.2) is 0 Å². The number of carbonyl (C=O) groups is 1. The molecular weight excluding hydrogens is 524 g/mol. The summed E-state index contributed by atoms with van der Waals surface area (Å²) in [7, 11) is -4.01. The Morgan fingerprint density at radius 1 is 0.947 bits per heavy atom. The summed E-state index contributed by atoms with van der Waals surface area (Å²) in [4.78, 5) is 12.7. The molecule has 0 saturated heterocycles. The van der Waals surface area contributed by atoms with Crippen LogP contribution in [0.25, 0.3) is 0 Å². The zero-order chi connectivity index (χ0) is 27.5. The molecular formula is C29H35ClN2O5S. The van der Waals surface area contributed by atoms with Crippen LogP contribution in [0.1, 0.15) is 31.4 Å². The fourth-order valence-corrected chi connectivity index (χ4v) is 5.87. The number of benzene rings is 3. The molecule has 204 valence electrons. The third-order valence-electron chi connectivity index (χ3n) is 6.08. The molecule has 7 nitrogen and oxygen atoms in total. The highest BCUT2D eigenvalue weighted by molar-refractivity contribution is 7.89. The standard InChI is InChI=1S/C29H35ClN2O5S/c1-22(2)17-18-32(38(35,36)28-16-10-9-15-25(28)30)20-27(33)26(19-23-11-5-3-6-12-23)31-29(34)37-21-24-13-7-4-8-14-24/h3-16,22,26-27,33H,17-21H2,1-2H3,(H,31,34)/t26-,27+/m0/s1. The van der Waals surface area contributed by atoms with E-state index in [1.807, 2.05) is 74.5 Å². The first-order chi connectivity index (χ1) is 18.2. The largest absolute Gasteiger partial charge is 0.445 e. The van der Waals surface area contributed by atoms with Crippen LogP contribution in [0, 0.1) is 5.92 Å². The SMILES string of the molecule is CC(C)CCN(C[C@@H](O)[C@H](Cc1ccccc1)NC(=O)OCc1ccccc1)S(=O)(=O)c1ccccc1Cl. The summed E-state index contributed by atoms with van der Waals surface area (Å²) in [5, 5.41) is 14.2. The first-order valence-electron chi connectivity index (χ1n) is 12.6. The maximum absolute atomic E-state index is 13.6. The van der Waals surface area contributed by atoms with E-state index in [1.54, 1.807) is 12.1 Å². The number of amides is 1. The Morgan fingerprint density at radius 2 is 1.53 bits per heavy atom. The highest BCUT2D eigenvalue weighted by atomic mass is 35.5. The van der Waals surface area contributed by atoms with Crippen molar-refractivity contribution in [3.8, 4) is 0 Å². The first kappa shape index (κ1) is 29.6. The van der Waals surface area contributed by atoms with Gasteiger partial charge in [0.25, 0.3) is 0 Å². The maximum atomic E-state index is 13.6. The Labute approximate surface area is 230 Å². The molecule has 0 aliphatic rings. The van der Waals surface area contributed by atoms with Crippen LogP contribution in [0.5, 0.6) is 0 Å². The van der Waals surface area contributed by atoms with E-state index in [1.165, 1.54) is 16.4 Å². The van der Waals surface area contributed by atoms with E-state index in [0.717, 1.165) is 11.1 Å². The van der Waals surface area contributed by atoms with Crippen LogP contribution in [0.4, 0.5) is 4.79 Å². The van der Waals surface area contributed by atoms with Crippen molar-refractivity contribution in [1.82, 2.24) is 9.62 Å². The summed E-state index contributed by atoms with van der Waals surface area (Å²) >= 11 is 6.23. The molecule has 2 atom stereocenters. The van der Waals surface area contributed by atoms with Gasteiger partial charge in [0.05, 0.1) is 17.2 Å². The van der Waals surface area contributed by atoms with E-state index in [0.29, 0.717) is 6.42 Å². The second-order valence-corrected chi connectivity index (χ2v) is 11.9. The fraction of sp³-hybridized carbons (Fsp3) is 0.345. The average Bonchev–Trinajstić information content (AvgIpc) is 2.90. The minimum absolute atomic E-state index is 0.0209. The number of sulfonamides is 1. The quantitative estimate of drug-likeness (QED) is 0.298. The van der Waals surface area contributed by atoms with Gasteiger partial charge in [-0.1, -0.05) is 98.2 Å². The van der Waals surface area contributed by atoms with Crippen LogP contribution in [-0.4, -0.2) is 49.2 Å². The van der Waals surface area contributed by atoms with Gasteiger partial charge in [0, 0.05) is 13.1 Å². The van der Waals surface area contributed by atoms with Crippen LogP contribution >= 0.6 is 11.6 Å². The molecule has 0 fully saturated rings. The number of aliphatic hydroxyl groups excluding tert-OH is 1. The Bertz CT molecular complexity index is 1260. The average molecular weight is 559 g/mol. The molecule has 0 aromatic heterocycles. The summed E-state index contributed by atoms with van der Waals surface area (Å²) in [6, 6.07) is 24.1. The number of hydrogen-bond acceptors (Lipinski definition) is 5. The number of halogens is 1. The van der Waals surface area contributed by atoms with Crippen LogP contribution < -0.4 is 5.32 Å². The van der Waals surface area contributed by atoms with Gasteiger partial charge < -0.3 is 15.2 Å². The van der Waals surface area contributed by atoms with E-state index >= 15 is 0 Å². The molecule has 1 amide bonds. The van der Waals surface area contributed by atoms with Crippen molar-refractivity contribution in [2.24, 2.45) is 5.92 Å². The third kappa shape index (κ3) is 8.84. The van der Waals surface area contributed by atoms with Crippen LogP contribution in [0.3, 0.4) is 0 Å². The van der Waals surface area contributed by atoms with Gasteiger partial charge in [-0.05, 0) is 42.0 Å². The lowest BCUT2D eigenvalue weighted by Crippen LogP contribution is -2.50. The van der Waals surface area contributed by atoms with Crippen LogP contribution in [0.2, 0.25) is 5.02 Å². The molecule has 0 aliphatic carbocycles. The summed E-state index contributed by atoms with van der Waals surface area (Å²) < 4.78 is 33.8. The van der Waals surface area contributed by atoms with E-state index < -0.39 is 28.3 Å². The molecule has 3 rings (SSSR count). The fourth-order valence-electron chi connectivity index (χ4n) is 3.91. The zero-order valence-corrected chi connectivity index (χ0v) is 23.2. The van der Waals surface area contributed by atoms with E-state index in [2.05, 4.69) is 5.32 Å². The van der Waals surface area contributed by atoms with Gasteiger partial charge in [-0.15, -0.1) is 0 Å². The molecule has 0 bridgehead atoms. The summed E-state index contributed by atoms with van der Waals surface area (Å²) in [6.45, 7) is 4.04. The molecule has 38 heavy (non-hydrogen) atoms. The van der Waals surface area contributed by atoms with Gasteiger partial charge in [-0.3, -0.25) is 0 Å². The van der Waals surface area contributed by atoms with Crippen LogP contribution in [0.15, 0.2) is 89.8 Å². The predicted molar refractivity (Wildman–Crippen MR) is 149 cm³/mol. The lowest BCUT2D eigenvalue weighted by Gasteiger charge is -2.30. The first-order valence-corrected chi connectivity index (χ1v) is 14.4. The number of hydrogen-bond donors (Lipinski definition) is 2. The van der Waals surface area contributed by atoms with E-state index in [4.69, 9.17) is 16.3 Å². The monoisotopic (exact) mass is 558 g/mol. The maximum Gasteiger partial charge on any atom is 0.407 e. The van der Waals surface area contributed by atoms with Crippen molar-refractivity contribution in [3.63, 3.8) is 0 Å². The number of nitrogens with zero attached hydrogens (tertiary/aromatic N) is 1. The second-order valence-electron chi connectivity index (χ2n) is 9.55. The van der Waals surface area contributed by atoms with Crippen molar-refractivity contribution in [1.29, 1.82) is 0 Å². The molecule has 9 heteroatoms. The normalized spacial score (nSPS) is 13.3. The number of ether oxygens (including phenoxy) is 1. The number of rotatable bonds is 13. The minimum Gasteiger partial charge on any atom is -0.445 e. The summed E-state index contributed by atoms with van der Waals surface area (Å²) in [5.74, 6) is 0.238. The van der Waals surface area contributed by atoms with E-state index in [-0.39, 0.29) is 42.0 Å². The van der Waals surface area contributed by atoms with Gasteiger partial charge >= 0.3 is 6.09 Å². The second kappa shape index (κ2) is 14.3.